The number of hydrogen-bond donors (Lipinski definition) is 2. The Labute approximate surface area is 176 Å². The summed E-state index contributed by atoms with van der Waals surface area (Å²) in [5.74, 6) is 0. The average Bonchev–Trinajstić information content (AvgIpc) is 3.09. The molecule has 1 aliphatic heterocycles. The van der Waals surface area contributed by atoms with Crippen molar-refractivity contribution in [1.82, 2.24) is 15.2 Å². The first-order valence-corrected chi connectivity index (χ1v) is 11.4. The zero-order chi connectivity index (χ0) is 20.2. The zero-order valence-electron chi connectivity index (χ0n) is 17.2. The van der Waals surface area contributed by atoms with E-state index in [4.69, 9.17) is 4.74 Å². The number of aromatic nitrogens is 1. The van der Waals surface area contributed by atoms with E-state index in [-0.39, 0.29) is 18.2 Å². The van der Waals surface area contributed by atoms with E-state index in [0.29, 0.717) is 11.7 Å². The summed E-state index contributed by atoms with van der Waals surface area (Å²) in [6, 6.07) is 8.27. The number of nitrogens with zero attached hydrogens (tertiary/aromatic N) is 2. The van der Waals surface area contributed by atoms with E-state index in [2.05, 4.69) is 58.6 Å². The normalized spacial score (nSPS) is 22.1. The molecule has 1 fully saturated rings. The third-order valence-corrected chi connectivity index (χ3v) is 6.52. The van der Waals surface area contributed by atoms with Crippen molar-refractivity contribution >= 4 is 22.5 Å². The van der Waals surface area contributed by atoms with E-state index in [9.17, 15) is 4.79 Å². The fraction of sp³-hybridized carbons (Fsp3) is 0.545. The Morgan fingerprint density at radius 2 is 1.83 bits per heavy atom. The summed E-state index contributed by atoms with van der Waals surface area (Å²) in [6.45, 7) is 7.62. The van der Waals surface area contributed by atoms with Gasteiger partial charge in [0.15, 0.2) is 5.13 Å². The lowest BCUT2D eigenvalue weighted by Crippen LogP contribution is -2.44. The Morgan fingerprint density at radius 3 is 2.55 bits per heavy atom. The van der Waals surface area contributed by atoms with E-state index in [1.54, 1.807) is 11.3 Å². The maximum Gasteiger partial charge on any atom is 0.321 e. The lowest BCUT2D eigenvalue weighted by atomic mass is 10.0. The number of anilines is 1. The molecule has 7 heteroatoms. The van der Waals surface area contributed by atoms with E-state index >= 15 is 0 Å². The quantitative estimate of drug-likeness (QED) is 0.777. The van der Waals surface area contributed by atoms with Crippen LogP contribution in [0.5, 0.6) is 0 Å². The van der Waals surface area contributed by atoms with Crippen LogP contribution in [0.4, 0.5) is 9.93 Å². The molecule has 1 aliphatic carbocycles. The molecule has 0 radical (unpaired) electrons. The highest BCUT2D eigenvalue weighted by atomic mass is 32.1. The van der Waals surface area contributed by atoms with Crippen LogP contribution in [0.2, 0.25) is 0 Å². The van der Waals surface area contributed by atoms with Gasteiger partial charge in [-0.15, -0.1) is 11.3 Å². The Balaban J connectivity index is 1.24. The summed E-state index contributed by atoms with van der Waals surface area (Å²) < 4.78 is 5.80. The smallest absolute Gasteiger partial charge is 0.321 e. The molecule has 2 aliphatic rings. The van der Waals surface area contributed by atoms with Gasteiger partial charge in [-0.05, 0) is 50.7 Å². The molecule has 2 heterocycles. The van der Waals surface area contributed by atoms with E-state index in [0.717, 1.165) is 43.7 Å². The molecule has 156 valence electrons. The van der Waals surface area contributed by atoms with Crippen LogP contribution in [-0.2, 0) is 30.7 Å². The number of carbonyl (C=O) groups is 1. The lowest BCUT2D eigenvalue weighted by molar-refractivity contribution is -0.0704. The van der Waals surface area contributed by atoms with Gasteiger partial charge in [0.2, 0.25) is 0 Å². The summed E-state index contributed by atoms with van der Waals surface area (Å²) >= 11 is 1.61. The molecule has 2 unspecified atom stereocenters. The number of carbonyl (C=O) groups excluding carboxylic acids is 1. The van der Waals surface area contributed by atoms with E-state index in [1.807, 2.05) is 0 Å². The number of hydrogen-bond acceptors (Lipinski definition) is 5. The minimum absolute atomic E-state index is 0.198. The predicted octanol–water partition coefficient (Wildman–Crippen LogP) is 3.95. The van der Waals surface area contributed by atoms with Gasteiger partial charge in [-0.1, -0.05) is 24.3 Å². The van der Waals surface area contributed by atoms with Crippen molar-refractivity contribution in [2.45, 2.75) is 64.8 Å². The predicted molar refractivity (Wildman–Crippen MR) is 116 cm³/mol. The number of rotatable bonds is 5. The lowest BCUT2D eigenvalue weighted by Gasteiger charge is -2.35. The topological polar surface area (TPSA) is 66.5 Å². The first-order chi connectivity index (χ1) is 14.0. The Hall–Kier alpha value is -1.96. The molecular weight excluding hydrogens is 384 g/mol. The zero-order valence-corrected chi connectivity index (χ0v) is 18.1. The molecule has 2 aromatic rings. The van der Waals surface area contributed by atoms with Crippen LogP contribution in [0.25, 0.3) is 0 Å². The van der Waals surface area contributed by atoms with Gasteiger partial charge in [0, 0.05) is 31.1 Å². The molecule has 6 nitrogen and oxygen atoms in total. The number of thiazole rings is 1. The molecule has 1 aromatic carbocycles. The van der Waals surface area contributed by atoms with Crippen LogP contribution in [-0.4, -0.2) is 41.2 Å². The van der Waals surface area contributed by atoms with Gasteiger partial charge < -0.3 is 10.1 Å². The second-order valence-electron chi connectivity index (χ2n) is 8.17. The van der Waals surface area contributed by atoms with Crippen LogP contribution in [0.15, 0.2) is 24.3 Å². The van der Waals surface area contributed by atoms with Gasteiger partial charge >= 0.3 is 6.03 Å². The summed E-state index contributed by atoms with van der Waals surface area (Å²) in [5.41, 5.74) is 3.54. The number of morpholine rings is 1. The fourth-order valence-corrected chi connectivity index (χ4v) is 5.21. The highest BCUT2D eigenvalue weighted by Gasteiger charge is 2.22. The molecule has 0 bridgehead atoms. The highest BCUT2D eigenvalue weighted by Crippen LogP contribution is 2.29. The standard InChI is InChI=1S/C22H30N4O2S/c1-15-12-26(13-16(2)28-15)14-18-9-7-17(8-10-18)11-23-21(27)25-22-24-19-5-3-4-6-20(19)29-22/h7-10,15-16H,3-6,11-14H2,1-2H3,(H2,23,24,25,27). The average molecular weight is 415 g/mol. The van der Waals surface area contributed by atoms with Crippen LogP contribution in [0.1, 0.15) is 48.4 Å². The number of aryl methyl sites for hydroxylation is 2. The number of amides is 2. The van der Waals surface area contributed by atoms with Gasteiger partial charge in [-0.25, -0.2) is 9.78 Å². The second kappa shape index (κ2) is 9.24. The summed E-state index contributed by atoms with van der Waals surface area (Å²) in [7, 11) is 0. The summed E-state index contributed by atoms with van der Waals surface area (Å²) in [5, 5.41) is 6.52. The molecule has 0 spiro atoms. The number of ether oxygens (including phenoxy) is 1. The molecule has 1 saturated heterocycles. The molecule has 2 N–H and O–H groups in total. The third-order valence-electron chi connectivity index (χ3n) is 5.44. The summed E-state index contributed by atoms with van der Waals surface area (Å²) in [4.78, 5) is 20.5. The molecule has 2 atom stereocenters. The minimum atomic E-state index is -0.198. The van der Waals surface area contributed by atoms with Crippen molar-refractivity contribution in [3.05, 3.63) is 46.0 Å². The van der Waals surface area contributed by atoms with Crippen LogP contribution in [0.3, 0.4) is 0 Å². The monoisotopic (exact) mass is 414 g/mol. The first-order valence-electron chi connectivity index (χ1n) is 10.5. The van der Waals surface area contributed by atoms with Gasteiger partial charge in [-0.3, -0.25) is 10.2 Å². The van der Waals surface area contributed by atoms with Crippen molar-refractivity contribution in [2.75, 3.05) is 18.4 Å². The number of nitrogens with one attached hydrogen (secondary N) is 2. The number of urea groups is 1. The van der Waals surface area contributed by atoms with Crippen molar-refractivity contribution in [2.24, 2.45) is 0 Å². The second-order valence-corrected chi connectivity index (χ2v) is 9.26. The van der Waals surface area contributed by atoms with E-state index in [1.165, 1.54) is 23.3 Å². The molecule has 4 rings (SSSR count). The SMILES string of the molecule is CC1CN(Cc2ccc(CNC(=O)Nc3nc4c(s3)CCCC4)cc2)CC(C)O1. The van der Waals surface area contributed by atoms with Crippen molar-refractivity contribution in [3.63, 3.8) is 0 Å². The number of fused-ring (bicyclic) bond motifs is 1. The van der Waals surface area contributed by atoms with Crippen LogP contribution >= 0.6 is 11.3 Å². The molecule has 0 saturated carbocycles. The summed E-state index contributed by atoms with van der Waals surface area (Å²) in [6.07, 6.45) is 5.10. The van der Waals surface area contributed by atoms with Gasteiger partial charge in [0.25, 0.3) is 0 Å². The van der Waals surface area contributed by atoms with Gasteiger partial charge in [0.05, 0.1) is 17.9 Å². The van der Waals surface area contributed by atoms with Gasteiger partial charge in [-0.2, -0.15) is 0 Å². The maximum atomic E-state index is 12.2. The van der Waals surface area contributed by atoms with Crippen molar-refractivity contribution in [1.29, 1.82) is 0 Å². The Bertz CT molecular complexity index is 802. The van der Waals surface area contributed by atoms with Gasteiger partial charge in [0.1, 0.15) is 0 Å². The fourth-order valence-electron chi connectivity index (χ4n) is 4.16. The largest absolute Gasteiger partial charge is 0.373 e. The maximum absolute atomic E-state index is 12.2. The number of benzene rings is 1. The Kier molecular flexibility index (Phi) is 6.47. The first kappa shape index (κ1) is 20.3. The van der Waals surface area contributed by atoms with Crippen LogP contribution in [0, 0.1) is 0 Å². The van der Waals surface area contributed by atoms with E-state index < -0.39 is 0 Å². The third kappa shape index (κ3) is 5.56. The van der Waals surface area contributed by atoms with Crippen molar-refractivity contribution < 1.29 is 9.53 Å². The highest BCUT2D eigenvalue weighted by molar-refractivity contribution is 7.15. The Morgan fingerprint density at radius 1 is 1.14 bits per heavy atom. The minimum Gasteiger partial charge on any atom is -0.373 e. The van der Waals surface area contributed by atoms with Crippen molar-refractivity contribution in [3.8, 4) is 0 Å². The molecular formula is C22H30N4O2S. The van der Waals surface area contributed by atoms with Crippen LogP contribution < -0.4 is 10.6 Å². The molecule has 1 aromatic heterocycles. The molecule has 29 heavy (non-hydrogen) atoms. The molecule has 2 amide bonds.